The SMILES string of the molecule is Cc1ccccc1C(=O)N(CCCN)C1CCC1. The normalized spacial score (nSPS) is 15.2. The van der Waals surface area contributed by atoms with E-state index in [4.69, 9.17) is 5.73 Å². The van der Waals surface area contributed by atoms with Crippen LogP contribution < -0.4 is 5.73 Å². The van der Waals surface area contributed by atoms with Crippen molar-refractivity contribution in [2.24, 2.45) is 5.73 Å². The molecule has 1 aliphatic rings. The number of amides is 1. The summed E-state index contributed by atoms with van der Waals surface area (Å²) in [6, 6.07) is 8.26. The van der Waals surface area contributed by atoms with E-state index in [1.807, 2.05) is 36.1 Å². The number of nitrogens with zero attached hydrogens (tertiary/aromatic N) is 1. The Hall–Kier alpha value is -1.35. The number of carbonyl (C=O) groups is 1. The molecule has 98 valence electrons. The molecule has 3 nitrogen and oxygen atoms in total. The minimum Gasteiger partial charge on any atom is -0.336 e. The van der Waals surface area contributed by atoms with Crippen LogP contribution >= 0.6 is 0 Å². The number of rotatable bonds is 5. The minimum absolute atomic E-state index is 0.172. The molecule has 0 bridgehead atoms. The van der Waals surface area contributed by atoms with Gasteiger partial charge < -0.3 is 10.6 Å². The van der Waals surface area contributed by atoms with Gasteiger partial charge in [-0.15, -0.1) is 0 Å². The van der Waals surface area contributed by atoms with Crippen molar-refractivity contribution < 1.29 is 4.79 Å². The van der Waals surface area contributed by atoms with Gasteiger partial charge in [-0.3, -0.25) is 4.79 Å². The molecule has 0 heterocycles. The van der Waals surface area contributed by atoms with Crippen molar-refractivity contribution in [2.45, 2.75) is 38.6 Å². The zero-order chi connectivity index (χ0) is 13.0. The van der Waals surface area contributed by atoms with E-state index in [-0.39, 0.29) is 5.91 Å². The van der Waals surface area contributed by atoms with Gasteiger partial charge in [0, 0.05) is 18.2 Å². The highest BCUT2D eigenvalue weighted by atomic mass is 16.2. The van der Waals surface area contributed by atoms with Crippen LogP contribution in [0, 0.1) is 6.92 Å². The molecule has 1 aromatic rings. The van der Waals surface area contributed by atoms with E-state index >= 15 is 0 Å². The van der Waals surface area contributed by atoms with E-state index in [0.717, 1.165) is 36.9 Å². The molecule has 1 saturated carbocycles. The van der Waals surface area contributed by atoms with E-state index in [9.17, 15) is 4.79 Å². The van der Waals surface area contributed by atoms with Crippen LogP contribution in [0.3, 0.4) is 0 Å². The van der Waals surface area contributed by atoms with E-state index in [1.165, 1.54) is 6.42 Å². The Labute approximate surface area is 109 Å². The van der Waals surface area contributed by atoms with Crippen LogP contribution in [0.4, 0.5) is 0 Å². The summed E-state index contributed by atoms with van der Waals surface area (Å²) in [7, 11) is 0. The Morgan fingerprint density at radius 2 is 2.11 bits per heavy atom. The summed E-state index contributed by atoms with van der Waals surface area (Å²) in [6.07, 6.45) is 4.41. The highest BCUT2D eigenvalue weighted by molar-refractivity contribution is 5.95. The predicted octanol–water partition coefficient (Wildman–Crippen LogP) is 2.34. The van der Waals surface area contributed by atoms with Crippen LogP contribution in [0.15, 0.2) is 24.3 Å². The molecule has 3 heteroatoms. The maximum absolute atomic E-state index is 12.6. The van der Waals surface area contributed by atoms with Crippen molar-refractivity contribution >= 4 is 5.91 Å². The standard InChI is InChI=1S/C15H22N2O/c1-12-6-2-3-9-14(12)15(18)17(11-5-10-16)13-7-4-8-13/h2-3,6,9,13H,4-5,7-8,10-11,16H2,1H3. The van der Waals surface area contributed by atoms with Gasteiger partial charge in [0.1, 0.15) is 0 Å². The van der Waals surface area contributed by atoms with Crippen LogP contribution in [0.5, 0.6) is 0 Å². The summed E-state index contributed by atoms with van der Waals surface area (Å²) in [5, 5.41) is 0. The summed E-state index contributed by atoms with van der Waals surface area (Å²) >= 11 is 0. The summed E-state index contributed by atoms with van der Waals surface area (Å²) in [5.74, 6) is 0.172. The Morgan fingerprint density at radius 3 is 2.67 bits per heavy atom. The fourth-order valence-electron chi connectivity index (χ4n) is 2.38. The molecular formula is C15H22N2O. The highest BCUT2D eigenvalue weighted by Crippen LogP contribution is 2.26. The second kappa shape index (κ2) is 6.01. The maximum Gasteiger partial charge on any atom is 0.254 e. The molecule has 1 amide bonds. The van der Waals surface area contributed by atoms with Gasteiger partial charge in [-0.1, -0.05) is 18.2 Å². The predicted molar refractivity (Wildman–Crippen MR) is 73.5 cm³/mol. The van der Waals surface area contributed by atoms with Gasteiger partial charge >= 0.3 is 0 Å². The summed E-state index contributed by atoms with van der Waals surface area (Å²) in [6.45, 7) is 3.42. The largest absolute Gasteiger partial charge is 0.336 e. The molecule has 0 saturated heterocycles. The smallest absolute Gasteiger partial charge is 0.254 e. The van der Waals surface area contributed by atoms with Crippen molar-refractivity contribution in [1.29, 1.82) is 0 Å². The zero-order valence-electron chi connectivity index (χ0n) is 11.1. The molecule has 18 heavy (non-hydrogen) atoms. The van der Waals surface area contributed by atoms with Gasteiger partial charge in [0.05, 0.1) is 0 Å². The summed E-state index contributed by atoms with van der Waals surface area (Å²) in [5.41, 5.74) is 7.46. The fraction of sp³-hybridized carbons (Fsp3) is 0.533. The zero-order valence-corrected chi connectivity index (χ0v) is 11.1. The van der Waals surface area contributed by atoms with E-state index in [0.29, 0.717) is 12.6 Å². The lowest BCUT2D eigenvalue weighted by Crippen LogP contribution is -2.45. The lowest BCUT2D eigenvalue weighted by Gasteiger charge is -2.38. The quantitative estimate of drug-likeness (QED) is 0.866. The van der Waals surface area contributed by atoms with Gasteiger partial charge in [0.2, 0.25) is 0 Å². The first-order valence-corrected chi connectivity index (χ1v) is 6.80. The van der Waals surface area contributed by atoms with Crippen LogP contribution in [0.25, 0.3) is 0 Å². The van der Waals surface area contributed by atoms with Gasteiger partial charge in [0.15, 0.2) is 0 Å². The molecule has 1 fully saturated rings. The van der Waals surface area contributed by atoms with Gasteiger partial charge in [0.25, 0.3) is 5.91 Å². The number of nitrogens with two attached hydrogens (primary N) is 1. The Bertz CT molecular complexity index is 413. The lowest BCUT2D eigenvalue weighted by atomic mass is 9.90. The van der Waals surface area contributed by atoms with Crippen molar-refractivity contribution in [2.75, 3.05) is 13.1 Å². The van der Waals surface area contributed by atoms with Gasteiger partial charge in [-0.25, -0.2) is 0 Å². The van der Waals surface area contributed by atoms with Crippen LogP contribution in [-0.2, 0) is 0 Å². The third-order valence-corrected chi connectivity index (χ3v) is 3.75. The number of aryl methyl sites for hydroxylation is 1. The summed E-state index contributed by atoms with van der Waals surface area (Å²) < 4.78 is 0. The molecule has 0 unspecified atom stereocenters. The van der Waals surface area contributed by atoms with Crippen LogP contribution in [0.2, 0.25) is 0 Å². The first-order valence-electron chi connectivity index (χ1n) is 6.80. The molecule has 1 aliphatic carbocycles. The topological polar surface area (TPSA) is 46.3 Å². The van der Waals surface area contributed by atoms with Crippen molar-refractivity contribution in [1.82, 2.24) is 4.90 Å². The first kappa shape index (κ1) is 13.1. The number of carbonyl (C=O) groups excluding carboxylic acids is 1. The Kier molecular flexibility index (Phi) is 4.37. The van der Waals surface area contributed by atoms with Crippen molar-refractivity contribution in [3.05, 3.63) is 35.4 Å². The summed E-state index contributed by atoms with van der Waals surface area (Å²) in [4.78, 5) is 14.6. The average Bonchev–Trinajstić information content (AvgIpc) is 2.32. The molecule has 0 aromatic heterocycles. The maximum atomic E-state index is 12.6. The average molecular weight is 246 g/mol. The second-order valence-corrected chi connectivity index (χ2v) is 5.04. The fourth-order valence-corrected chi connectivity index (χ4v) is 2.38. The van der Waals surface area contributed by atoms with Crippen LogP contribution in [-0.4, -0.2) is 29.9 Å². The monoisotopic (exact) mass is 246 g/mol. The number of hydrogen-bond donors (Lipinski definition) is 1. The number of benzene rings is 1. The Morgan fingerprint density at radius 1 is 1.39 bits per heavy atom. The highest BCUT2D eigenvalue weighted by Gasteiger charge is 2.29. The molecule has 0 spiro atoms. The Balaban J connectivity index is 2.14. The van der Waals surface area contributed by atoms with E-state index in [2.05, 4.69) is 0 Å². The third-order valence-electron chi connectivity index (χ3n) is 3.75. The number of hydrogen-bond acceptors (Lipinski definition) is 2. The van der Waals surface area contributed by atoms with Gasteiger partial charge in [-0.05, 0) is 50.8 Å². The second-order valence-electron chi connectivity index (χ2n) is 5.04. The van der Waals surface area contributed by atoms with Gasteiger partial charge in [-0.2, -0.15) is 0 Å². The van der Waals surface area contributed by atoms with E-state index < -0.39 is 0 Å². The molecule has 0 radical (unpaired) electrons. The van der Waals surface area contributed by atoms with Crippen LogP contribution in [0.1, 0.15) is 41.6 Å². The minimum atomic E-state index is 0.172. The molecule has 0 aliphatic heterocycles. The van der Waals surface area contributed by atoms with Crippen molar-refractivity contribution in [3.63, 3.8) is 0 Å². The first-order chi connectivity index (χ1) is 8.74. The van der Waals surface area contributed by atoms with E-state index in [1.54, 1.807) is 0 Å². The molecule has 2 N–H and O–H groups in total. The third kappa shape index (κ3) is 2.72. The molecule has 2 rings (SSSR count). The molecular weight excluding hydrogens is 224 g/mol. The lowest BCUT2D eigenvalue weighted by molar-refractivity contribution is 0.0577. The molecule has 0 atom stereocenters. The molecule has 1 aromatic carbocycles. The van der Waals surface area contributed by atoms with Crippen molar-refractivity contribution in [3.8, 4) is 0 Å².